The van der Waals surface area contributed by atoms with Gasteiger partial charge in [0.2, 0.25) is 0 Å². The first kappa shape index (κ1) is 11.6. The van der Waals surface area contributed by atoms with E-state index in [9.17, 15) is 0 Å². The van der Waals surface area contributed by atoms with Crippen molar-refractivity contribution < 1.29 is 0 Å². The average Bonchev–Trinajstić information content (AvgIpc) is 2.30. The molecule has 1 aromatic heterocycles. The summed E-state index contributed by atoms with van der Waals surface area (Å²) < 4.78 is 0. The minimum absolute atomic E-state index is 0.711. The van der Waals surface area contributed by atoms with E-state index in [1.807, 2.05) is 6.20 Å². The maximum atomic E-state index is 4.27. The van der Waals surface area contributed by atoms with Crippen LogP contribution in [-0.2, 0) is 0 Å². The fourth-order valence-electron chi connectivity index (χ4n) is 2.85. The summed E-state index contributed by atoms with van der Waals surface area (Å²) in [5, 5.41) is 3.58. The summed E-state index contributed by atoms with van der Waals surface area (Å²) in [6.45, 7) is 5.48. The number of rotatable bonds is 3. The Bertz CT molecular complexity index is 333. The van der Waals surface area contributed by atoms with Crippen molar-refractivity contribution in [1.82, 2.24) is 10.3 Å². The zero-order valence-corrected chi connectivity index (χ0v) is 10.4. The van der Waals surface area contributed by atoms with Gasteiger partial charge in [0.1, 0.15) is 0 Å². The summed E-state index contributed by atoms with van der Waals surface area (Å²) >= 11 is 0. The lowest BCUT2D eigenvalue weighted by atomic mass is 9.80. The average molecular weight is 218 g/mol. The Labute approximate surface area is 98.5 Å². The highest BCUT2D eigenvalue weighted by molar-refractivity contribution is 5.26. The molecule has 1 heterocycles. The summed E-state index contributed by atoms with van der Waals surface area (Å²) in [6, 6.07) is 2.84. The lowest BCUT2D eigenvalue weighted by Crippen LogP contribution is -2.33. The maximum Gasteiger partial charge on any atom is 0.0305 e. The van der Waals surface area contributed by atoms with E-state index in [0.29, 0.717) is 12.0 Å². The lowest BCUT2D eigenvalue weighted by molar-refractivity contribution is 0.343. The Morgan fingerprint density at radius 1 is 1.44 bits per heavy atom. The van der Waals surface area contributed by atoms with E-state index in [-0.39, 0.29) is 0 Å². The smallest absolute Gasteiger partial charge is 0.0305 e. The van der Waals surface area contributed by atoms with Crippen LogP contribution in [0.4, 0.5) is 0 Å². The largest absolute Gasteiger partial charge is 0.314 e. The fraction of sp³-hybridized carbons (Fsp3) is 0.643. The molecule has 0 aromatic carbocycles. The molecule has 1 aliphatic rings. The van der Waals surface area contributed by atoms with Gasteiger partial charge in [-0.1, -0.05) is 13.3 Å². The van der Waals surface area contributed by atoms with Crippen LogP contribution in [0.5, 0.6) is 0 Å². The van der Waals surface area contributed by atoms with Crippen molar-refractivity contribution in [2.75, 3.05) is 6.54 Å². The number of hydrogen-bond acceptors (Lipinski definition) is 2. The highest BCUT2D eigenvalue weighted by Crippen LogP contribution is 2.33. The van der Waals surface area contributed by atoms with Crippen molar-refractivity contribution in [2.45, 2.75) is 51.5 Å². The monoisotopic (exact) mass is 218 g/mol. The molecule has 0 amide bonds. The van der Waals surface area contributed by atoms with Gasteiger partial charge in [0.05, 0.1) is 0 Å². The number of pyridine rings is 1. The molecular weight excluding hydrogens is 196 g/mol. The summed E-state index contributed by atoms with van der Waals surface area (Å²) in [6.07, 6.45) is 9.24. The molecule has 0 spiro atoms. The number of aryl methyl sites for hydroxylation is 1. The van der Waals surface area contributed by atoms with Gasteiger partial charge in [0.25, 0.3) is 0 Å². The van der Waals surface area contributed by atoms with Crippen LogP contribution in [0.15, 0.2) is 18.5 Å². The molecule has 1 fully saturated rings. The van der Waals surface area contributed by atoms with Crippen molar-refractivity contribution in [1.29, 1.82) is 0 Å². The molecule has 1 aromatic rings. The number of nitrogens with one attached hydrogen (secondary N) is 1. The molecule has 1 aliphatic carbocycles. The third kappa shape index (κ3) is 2.62. The van der Waals surface area contributed by atoms with Gasteiger partial charge in [0, 0.05) is 18.4 Å². The normalized spacial score (nSPS) is 25.6. The van der Waals surface area contributed by atoms with E-state index in [2.05, 4.69) is 36.4 Å². The number of aromatic nitrogens is 1. The highest BCUT2D eigenvalue weighted by Gasteiger charge is 2.23. The van der Waals surface area contributed by atoms with Gasteiger partial charge in [-0.15, -0.1) is 0 Å². The first-order valence-corrected chi connectivity index (χ1v) is 6.45. The molecule has 2 heteroatoms. The van der Waals surface area contributed by atoms with Gasteiger partial charge in [0.15, 0.2) is 0 Å². The van der Waals surface area contributed by atoms with Gasteiger partial charge >= 0.3 is 0 Å². The second kappa shape index (κ2) is 5.44. The van der Waals surface area contributed by atoms with E-state index in [0.717, 1.165) is 6.54 Å². The molecule has 2 rings (SSSR count). The lowest BCUT2D eigenvalue weighted by Gasteiger charge is -2.30. The third-order valence-electron chi connectivity index (χ3n) is 3.69. The SMILES string of the molecule is CCNC1CCCC(c2cnccc2C)C1. The molecule has 0 saturated heterocycles. The van der Waals surface area contributed by atoms with Crippen LogP contribution in [0, 0.1) is 6.92 Å². The molecular formula is C14H22N2. The predicted octanol–water partition coefficient (Wildman–Crippen LogP) is 3.03. The molecule has 2 unspecified atom stereocenters. The van der Waals surface area contributed by atoms with Gasteiger partial charge < -0.3 is 5.32 Å². The minimum atomic E-state index is 0.711. The number of hydrogen-bond donors (Lipinski definition) is 1. The summed E-state index contributed by atoms with van der Waals surface area (Å²) in [7, 11) is 0. The van der Waals surface area contributed by atoms with E-state index >= 15 is 0 Å². The standard InChI is InChI=1S/C14H22N2/c1-3-16-13-6-4-5-12(9-13)14-10-15-8-7-11(14)2/h7-8,10,12-13,16H,3-6,9H2,1-2H3. The summed E-state index contributed by atoms with van der Waals surface area (Å²) in [5.74, 6) is 0.714. The molecule has 2 atom stereocenters. The molecule has 0 bridgehead atoms. The first-order valence-electron chi connectivity index (χ1n) is 6.45. The molecule has 1 N–H and O–H groups in total. The van der Waals surface area contributed by atoms with Crippen LogP contribution in [0.25, 0.3) is 0 Å². The molecule has 2 nitrogen and oxygen atoms in total. The second-order valence-electron chi connectivity index (χ2n) is 4.85. The molecule has 1 saturated carbocycles. The molecule has 16 heavy (non-hydrogen) atoms. The van der Waals surface area contributed by atoms with Crippen LogP contribution in [0.2, 0.25) is 0 Å². The number of nitrogens with zero attached hydrogens (tertiary/aromatic N) is 1. The minimum Gasteiger partial charge on any atom is -0.314 e. The van der Waals surface area contributed by atoms with Gasteiger partial charge in [-0.2, -0.15) is 0 Å². The van der Waals surface area contributed by atoms with Crippen molar-refractivity contribution in [3.8, 4) is 0 Å². The Morgan fingerprint density at radius 3 is 3.06 bits per heavy atom. The van der Waals surface area contributed by atoms with E-state index in [1.54, 1.807) is 0 Å². The Kier molecular flexibility index (Phi) is 3.94. The predicted molar refractivity (Wildman–Crippen MR) is 67.6 cm³/mol. The van der Waals surface area contributed by atoms with Crippen LogP contribution in [0.3, 0.4) is 0 Å². The first-order chi connectivity index (χ1) is 7.81. The maximum absolute atomic E-state index is 4.27. The van der Waals surface area contributed by atoms with Gasteiger partial charge in [-0.3, -0.25) is 4.98 Å². The summed E-state index contributed by atoms with van der Waals surface area (Å²) in [5.41, 5.74) is 2.86. The van der Waals surface area contributed by atoms with Crippen molar-refractivity contribution in [2.24, 2.45) is 0 Å². The quantitative estimate of drug-likeness (QED) is 0.843. The molecule has 88 valence electrons. The Balaban J connectivity index is 2.07. The van der Waals surface area contributed by atoms with E-state index in [1.165, 1.54) is 36.8 Å². The van der Waals surface area contributed by atoms with Crippen molar-refractivity contribution >= 4 is 0 Å². The highest BCUT2D eigenvalue weighted by atomic mass is 14.9. The Hall–Kier alpha value is -0.890. The molecule has 0 aliphatic heterocycles. The van der Waals surface area contributed by atoms with E-state index < -0.39 is 0 Å². The Morgan fingerprint density at radius 2 is 2.31 bits per heavy atom. The van der Waals surface area contributed by atoms with Gasteiger partial charge in [-0.05, 0) is 55.8 Å². The van der Waals surface area contributed by atoms with Crippen LogP contribution in [0.1, 0.15) is 49.7 Å². The van der Waals surface area contributed by atoms with Crippen molar-refractivity contribution in [3.05, 3.63) is 29.6 Å². The topological polar surface area (TPSA) is 24.9 Å². The zero-order chi connectivity index (χ0) is 11.4. The fourth-order valence-corrected chi connectivity index (χ4v) is 2.85. The van der Waals surface area contributed by atoms with Crippen LogP contribution in [-0.4, -0.2) is 17.6 Å². The zero-order valence-electron chi connectivity index (χ0n) is 10.4. The van der Waals surface area contributed by atoms with Crippen molar-refractivity contribution in [3.63, 3.8) is 0 Å². The summed E-state index contributed by atoms with van der Waals surface area (Å²) in [4.78, 5) is 4.27. The van der Waals surface area contributed by atoms with Crippen LogP contribution < -0.4 is 5.32 Å². The molecule has 0 radical (unpaired) electrons. The van der Waals surface area contributed by atoms with E-state index in [4.69, 9.17) is 0 Å². The third-order valence-corrected chi connectivity index (χ3v) is 3.69. The van der Waals surface area contributed by atoms with Crippen LogP contribution >= 0.6 is 0 Å². The second-order valence-corrected chi connectivity index (χ2v) is 4.85. The van der Waals surface area contributed by atoms with Gasteiger partial charge in [-0.25, -0.2) is 0 Å².